The molecule has 1 atom stereocenters. The standard InChI is InChI=1S/C25H27NO4/c1-30-20-14-12-18(13-15-20)23-22(21(27)16-11-17-7-3-2-4-8-17)24(28)25(29)26(23)19-9-5-6-10-19/h2-4,7-8,12-15,19,23,28H,5-6,9-11,16H2,1H3. The zero-order valence-electron chi connectivity index (χ0n) is 17.2. The van der Waals surface area contributed by atoms with Crippen molar-refractivity contribution in [1.82, 2.24) is 4.90 Å². The molecule has 1 aliphatic carbocycles. The minimum Gasteiger partial charge on any atom is -0.503 e. The van der Waals surface area contributed by atoms with Crippen molar-refractivity contribution in [2.24, 2.45) is 0 Å². The van der Waals surface area contributed by atoms with Crippen LogP contribution >= 0.6 is 0 Å². The fourth-order valence-electron chi connectivity index (χ4n) is 4.62. The molecule has 1 aliphatic heterocycles. The van der Waals surface area contributed by atoms with Gasteiger partial charge in [0.05, 0.1) is 18.7 Å². The number of aryl methyl sites for hydroxylation is 1. The predicted octanol–water partition coefficient (Wildman–Crippen LogP) is 4.54. The van der Waals surface area contributed by atoms with Gasteiger partial charge in [0.1, 0.15) is 5.75 Å². The van der Waals surface area contributed by atoms with Crippen LogP contribution in [0.25, 0.3) is 0 Å². The average molecular weight is 405 g/mol. The lowest BCUT2D eigenvalue weighted by atomic mass is 9.92. The molecule has 1 heterocycles. The molecular weight excluding hydrogens is 378 g/mol. The number of benzene rings is 2. The number of amides is 1. The number of aliphatic hydroxyl groups excluding tert-OH is 1. The SMILES string of the molecule is COc1ccc(C2C(C(=O)CCc3ccccc3)=C(O)C(=O)N2C2CCCC2)cc1. The summed E-state index contributed by atoms with van der Waals surface area (Å²) in [5, 5.41) is 10.7. The molecule has 30 heavy (non-hydrogen) atoms. The van der Waals surface area contributed by atoms with Gasteiger partial charge in [-0.2, -0.15) is 0 Å². The Morgan fingerprint density at radius 3 is 2.37 bits per heavy atom. The minimum atomic E-state index is -0.547. The number of aliphatic hydroxyl groups is 1. The van der Waals surface area contributed by atoms with Gasteiger partial charge in [-0.15, -0.1) is 0 Å². The van der Waals surface area contributed by atoms with Crippen LogP contribution in [0, 0.1) is 0 Å². The second-order valence-electron chi connectivity index (χ2n) is 8.00. The van der Waals surface area contributed by atoms with E-state index in [9.17, 15) is 14.7 Å². The van der Waals surface area contributed by atoms with E-state index in [0.717, 1.165) is 36.8 Å². The van der Waals surface area contributed by atoms with Crippen molar-refractivity contribution in [3.8, 4) is 5.75 Å². The first-order chi connectivity index (χ1) is 14.6. The van der Waals surface area contributed by atoms with Gasteiger partial charge in [0, 0.05) is 12.5 Å². The molecule has 1 N–H and O–H groups in total. The van der Waals surface area contributed by atoms with Gasteiger partial charge in [0.2, 0.25) is 0 Å². The van der Waals surface area contributed by atoms with Gasteiger partial charge in [-0.25, -0.2) is 0 Å². The maximum atomic E-state index is 13.2. The molecule has 2 aromatic carbocycles. The van der Waals surface area contributed by atoms with E-state index in [1.165, 1.54) is 0 Å². The van der Waals surface area contributed by atoms with Gasteiger partial charge in [-0.05, 0) is 42.5 Å². The fraction of sp³-hybridized carbons (Fsp3) is 0.360. The number of Topliss-reactive ketones (excluding diaryl/α,β-unsaturated/α-hetero) is 1. The fourth-order valence-corrected chi connectivity index (χ4v) is 4.62. The zero-order valence-corrected chi connectivity index (χ0v) is 17.2. The van der Waals surface area contributed by atoms with E-state index in [1.807, 2.05) is 54.6 Å². The Kier molecular flexibility index (Phi) is 5.88. The number of methoxy groups -OCH3 is 1. The first kappa shape index (κ1) is 20.2. The molecule has 1 amide bonds. The van der Waals surface area contributed by atoms with Crippen molar-refractivity contribution in [2.75, 3.05) is 7.11 Å². The summed E-state index contributed by atoms with van der Waals surface area (Å²) in [6.45, 7) is 0. The smallest absolute Gasteiger partial charge is 0.290 e. The Labute approximate surface area is 177 Å². The van der Waals surface area contributed by atoms with Crippen molar-refractivity contribution in [2.45, 2.75) is 50.6 Å². The lowest BCUT2D eigenvalue weighted by Gasteiger charge is -2.32. The normalized spacial score (nSPS) is 19.6. The molecule has 2 aliphatic rings. The molecule has 156 valence electrons. The number of hydrogen-bond acceptors (Lipinski definition) is 4. The van der Waals surface area contributed by atoms with Gasteiger partial charge >= 0.3 is 0 Å². The third kappa shape index (κ3) is 3.84. The van der Waals surface area contributed by atoms with E-state index < -0.39 is 11.9 Å². The highest BCUT2D eigenvalue weighted by molar-refractivity contribution is 6.09. The summed E-state index contributed by atoms with van der Waals surface area (Å²) in [5.41, 5.74) is 2.11. The highest BCUT2D eigenvalue weighted by Gasteiger charge is 2.46. The summed E-state index contributed by atoms with van der Waals surface area (Å²) in [7, 11) is 1.60. The van der Waals surface area contributed by atoms with Crippen LogP contribution in [-0.4, -0.2) is 34.8 Å². The van der Waals surface area contributed by atoms with Crippen molar-refractivity contribution >= 4 is 11.7 Å². The van der Waals surface area contributed by atoms with Crippen molar-refractivity contribution in [3.05, 3.63) is 77.1 Å². The van der Waals surface area contributed by atoms with Gasteiger partial charge in [0.15, 0.2) is 11.5 Å². The number of hydrogen-bond donors (Lipinski definition) is 1. The van der Waals surface area contributed by atoms with Gasteiger partial charge in [0.25, 0.3) is 5.91 Å². The summed E-state index contributed by atoms with van der Waals surface area (Å²) in [5.74, 6) is -0.279. The summed E-state index contributed by atoms with van der Waals surface area (Å²) < 4.78 is 5.25. The molecule has 1 fully saturated rings. The second-order valence-corrected chi connectivity index (χ2v) is 8.00. The van der Waals surface area contributed by atoms with Gasteiger partial charge < -0.3 is 14.7 Å². The van der Waals surface area contributed by atoms with E-state index in [-0.39, 0.29) is 29.6 Å². The lowest BCUT2D eigenvalue weighted by molar-refractivity contribution is -0.131. The zero-order chi connectivity index (χ0) is 21.1. The molecule has 0 saturated heterocycles. The molecule has 0 radical (unpaired) electrons. The van der Waals surface area contributed by atoms with Crippen molar-refractivity contribution < 1.29 is 19.4 Å². The first-order valence-electron chi connectivity index (χ1n) is 10.6. The number of ketones is 1. The van der Waals surface area contributed by atoms with E-state index in [4.69, 9.17) is 4.74 Å². The summed E-state index contributed by atoms with van der Waals surface area (Å²) in [6.07, 6.45) is 4.74. The third-order valence-corrected chi connectivity index (χ3v) is 6.18. The number of nitrogens with zero attached hydrogens (tertiary/aromatic N) is 1. The van der Waals surface area contributed by atoms with E-state index >= 15 is 0 Å². The van der Waals surface area contributed by atoms with Crippen LogP contribution in [-0.2, 0) is 16.0 Å². The summed E-state index contributed by atoms with van der Waals surface area (Å²) in [4.78, 5) is 28.0. The molecule has 1 unspecified atom stereocenters. The molecule has 4 rings (SSSR count). The Bertz CT molecular complexity index is 943. The van der Waals surface area contributed by atoms with Crippen LogP contribution in [0.1, 0.15) is 49.3 Å². The van der Waals surface area contributed by atoms with E-state index in [0.29, 0.717) is 12.2 Å². The van der Waals surface area contributed by atoms with Crippen LogP contribution in [0.4, 0.5) is 0 Å². The van der Waals surface area contributed by atoms with Crippen LogP contribution in [0.5, 0.6) is 5.75 Å². The van der Waals surface area contributed by atoms with Crippen LogP contribution in [0.2, 0.25) is 0 Å². The van der Waals surface area contributed by atoms with E-state index in [2.05, 4.69) is 0 Å². The molecule has 0 spiro atoms. The van der Waals surface area contributed by atoms with Crippen LogP contribution in [0.15, 0.2) is 65.9 Å². The monoisotopic (exact) mass is 405 g/mol. The van der Waals surface area contributed by atoms with Crippen molar-refractivity contribution in [1.29, 1.82) is 0 Å². The van der Waals surface area contributed by atoms with Gasteiger partial charge in [-0.1, -0.05) is 55.3 Å². The Morgan fingerprint density at radius 1 is 1.07 bits per heavy atom. The largest absolute Gasteiger partial charge is 0.503 e. The predicted molar refractivity (Wildman–Crippen MR) is 114 cm³/mol. The lowest BCUT2D eigenvalue weighted by Crippen LogP contribution is -2.38. The number of carbonyl (C=O) groups excluding carboxylic acids is 2. The number of rotatable bonds is 7. The molecule has 0 aromatic heterocycles. The number of carbonyl (C=O) groups is 2. The topological polar surface area (TPSA) is 66.8 Å². The molecule has 2 aromatic rings. The first-order valence-corrected chi connectivity index (χ1v) is 10.6. The third-order valence-electron chi connectivity index (χ3n) is 6.18. The maximum absolute atomic E-state index is 13.2. The average Bonchev–Trinajstić information content (AvgIpc) is 3.40. The minimum absolute atomic E-state index is 0.0474. The van der Waals surface area contributed by atoms with E-state index in [1.54, 1.807) is 12.0 Å². The Morgan fingerprint density at radius 2 is 1.73 bits per heavy atom. The molecular formula is C25H27NO4. The maximum Gasteiger partial charge on any atom is 0.290 e. The quantitative estimate of drug-likeness (QED) is 0.735. The molecule has 1 saturated carbocycles. The number of ether oxygens (including phenoxy) is 1. The molecule has 5 heteroatoms. The molecule has 5 nitrogen and oxygen atoms in total. The highest BCUT2D eigenvalue weighted by atomic mass is 16.5. The van der Waals surface area contributed by atoms with Crippen LogP contribution < -0.4 is 4.74 Å². The second kappa shape index (κ2) is 8.74. The summed E-state index contributed by atoms with van der Waals surface area (Å²) in [6, 6.07) is 16.7. The molecule has 0 bridgehead atoms. The summed E-state index contributed by atoms with van der Waals surface area (Å²) >= 11 is 0. The Balaban J connectivity index is 1.65. The van der Waals surface area contributed by atoms with Crippen LogP contribution in [0.3, 0.4) is 0 Å². The highest BCUT2D eigenvalue weighted by Crippen LogP contribution is 2.43. The Hall–Kier alpha value is -3.08. The van der Waals surface area contributed by atoms with Crippen molar-refractivity contribution in [3.63, 3.8) is 0 Å². The van der Waals surface area contributed by atoms with Gasteiger partial charge in [-0.3, -0.25) is 9.59 Å².